The SMILES string of the molecule is COc1ccc(OC)c(NC(=O)C2CC(C)NC23C(=O)Nc2c(Cl)cc(C)cc23)c1. The number of anilines is 2. The van der Waals surface area contributed by atoms with E-state index in [0.717, 1.165) is 5.56 Å². The maximum atomic E-state index is 13.5. The predicted molar refractivity (Wildman–Crippen MR) is 115 cm³/mol. The first-order valence-electron chi connectivity index (χ1n) is 9.72. The van der Waals surface area contributed by atoms with Gasteiger partial charge in [-0.15, -0.1) is 0 Å². The molecule has 2 aliphatic heterocycles. The van der Waals surface area contributed by atoms with Crippen molar-refractivity contribution >= 4 is 34.8 Å². The van der Waals surface area contributed by atoms with Crippen molar-refractivity contribution in [2.75, 3.05) is 24.9 Å². The van der Waals surface area contributed by atoms with Crippen LogP contribution in [-0.2, 0) is 15.1 Å². The highest BCUT2D eigenvalue weighted by Crippen LogP contribution is 2.49. The van der Waals surface area contributed by atoms with Gasteiger partial charge >= 0.3 is 0 Å². The molecular formula is C22H24ClN3O4. The topological polar surface area (TPSA) is 88.7 Å². The molecule has 0 bridgehead atoms. The molecule has 7 nitrogen and oxygen atoms in total. The number of methoxy groups -OCH3 is 2. The lowest BCUT2D eigenvalue weighted by atomic mass is 9.79. The molecule has 0 aliphatic carbocycles. The minimum Gasteiger partial charge on any atom is -0.497 e. The van der Waals surface area contributed by atoms with E-state index in [-0.39, 0.29) is 17.9 Å². The molecule has 1 fully saturated rings. The fourth-order valence-corrected chi connectivity index (χ4v) is 4.84. The fourth-order valence-electron chi connectivity index (χ4n) is 4.52. The van der Waals surface area contributed by atoms with Crippen molar-refractivity contribution in [2.45, 2.75) is 31.8 Å². The molecule has 158 valence electrons. The van der Waals surface area contributed by atoms with Gasteiger partial charge in [0.15, 0.2) is 0 Å². The average molecular weight is 430 g/mol. The van der Waals surface area contributed by atoms with Gasteiger partial charge in [-0.25, -0.2) is 0 Å². The number of hydrogen-bond acceptors (Lipinski definition) is 5. The van der Waals surface area contributed by atoms with Gasteiger partial charge in [0.2, 0.25) is 11.8 Å². The molecule has 1 spiro atoms. The minimum atomic E-state index is -1.18. The number of fused-ring (bicyclic) bond motifs is 2. The second kappa shape index (κ2) is 7.49. The van der Waals surface area contributed by atoms with E-state index in [4.69, 9.17) is 21.1 Å². The summed E-state index contributed by atoms with van der Waals surface area (Å²) in [4.78, 5) is 26.7. The van der Waals surface area contributed by atoms with E-state index in [1.807, 2.05) is 19.9 Å². The lowest BCUT2D eigenvalue weighted by Crippen LogP contribution is -2.52. The van der Waals surface area contributed by atoms with Gasteiger partial charge in [-0.2, -0.15) is 0 Å². The molecule has 2 heterocycles. The van der Waals surface area contributed by atoms with Gasteiger partial charge in [0.05, 0.1) is 36.5 Å². The summed E-state index contributed by atoms with van der Waals surface area (Å²) in [6.07, 6.45) is 0.497. The van der Waals surface area contributed by atoms with Gasteiger partial charge in [0.1, 0.15) is 17.0 Å². The Morgan fingerprint density at radius 1 is 1.23 bits per heavy atom. The molecule has 0 aromatic heterocycles. The Morgan fingerprint density at radius 2 is 2.00 bits per heavy atom. The number of carbonyl (C=O) groups excluding carboxylic acids is 2. The van der Waals surface area contributed by atoms with Crippen LogP contribution in [0.4, 0.5) is 11.4 Å². The van der Waals surface area contributed by atoms with Crippen molar-refractivity contribution in [1.82, 2.24) is 5.32 Å². The first-order valence-corrected chi connectivity index (χ1v) is 10.1. The van der Waals surface area contributed by atoms with Crippen LogP contribution in [0.3, 0.4) is 0 Å². The highest BCUT2D eigenvalue weighted by atomic mass is 35.5. The number of aryl methyl sites for hydroxylation is 1. The summed E-state index contributed by atoms with van der Waals surface area (Å²) < 4.78 is 10.6. The van der Waals surface area contributed by atoms with Crippen LogP contribution in [0.1, 0.15) is 24.5 Å². The van der Waals surface area contributed by atoms with Crippen LogP contribution in [0.25, 0.3) is 0 Å². The Morgan fingerprint density at radius 3 is 2.70 bits per heavy atom. The fraction of sp³-hybridized carbons (Fsp3) is 0.364. The Balaban J connectivity index is 1.75. The molecule has 4 rings (SSSR count). The van der Waals surface area contributed by atoms with Gasteiger partial charge in [-0.1, -0.05) is 17.7 Å². The molecule has 2 aliphatic rings. The normalized spacial score (nSPS) is 24.5. The maximum absolute atomic E-state index is 13.5. The minimum absolute atomic E-state index is 0.0380. The molecule has 3 unspecified atom stereocenters. The molecule has 8 heteroatoms. The van der Waals surface area contributed by atoms with E-state index in [1.165, 1.54) is 7.11 Å². The molecular weight excluding hydrogens is 406 g/mol. The zero-order valence-electron chi connectivity index (χ0n) is 17.3. The summed E-state index contributed by atoms with van der Waals surface area (Å²) in [5.41, 5.74) is 1.49. The molecule has 3 atom stereocenters. The lowest BCUT2D eigenvalue weighted by Gasteiger charge is -2.29. The van der Waals surface area contributed by atoms with Crippen LogP contribution in [0.5, 0.6) is 11.5 Å². The first-order chi connectivity index (χ1) is 14.3. The van der Waals surface area contributed by atoms with Crippen molar-refractivity contribution in [3.8, 4) is 11.5 Å². The number of halogens is 1. The Kier molecular flexibility index (Phi) is 5.11. The number of rotatable bonds is 4. The summed E-state index contributed by atoms with van der Waals surface area (Å²) in [5, 5.41) is 9.64. The standard InChI is InChI=1S/C22H24ClN3O4/c1-11-7-14-19(16(23)8-11)25-21(28)22(14)15(9-12(2)26-22)20(27)24-17-10-13(29-3)5-6-18(17)30-4/h5-8,10,12,15,26H,9H2,1-4H3,(H,24,27)(H,25,28). The van der Waals surface area contributed by atoms with Gasteiger partial charge in [0, 0.05) is 17.7 Å². The Hall–Kier alpha value is -2.77. The van der Waals surface area contributed by atoms with E-state index in [9.17, 15) is 9.59 Å². The van der Waals surface area contributed by atoms with Gasteiger partial charge < -0.3 is 20.1 Å². The van der Waals surface area contributed by atoms with Gasteiger partial charge in [-0.05, 0) is 44.0 Å². The van der Waals surface area contributed by atoms with E-state index in [0.29, 0.717) is 39.9 Å². The third kappa shape index (κ3) is 3.09. The average Bonchev–Trinajstić information content (AvgIpc) is 3.20. The number of amides is 2. The largest absolute Gasteiger partial charge is 0.497 e. The Bertz CT molecular complexity index is 1040. The monoisotopic (exact) mass is 429 g/mol. The third-order valence-electron chi connectivity index (χ3n) is 5.82. The first kappa shape index (κ1) is 20.5. The second-order valence-electron chi connectivity index (χ2n) is 7.82. The maximum Gasteiger partial charge on any atom is 0.250 e. The molecule has 0 radical (unpaired) electrons. The molecule has 2 amide bonds. The van der Waals surface area contributed by atoms with Crippen molar-refractivity contribution in [1.29, 1.82) is 0 Å². The van der Waals surface area contributed by atoms with Crippen molar-refractivity contribution in [3.63, 3.8) is 0 Å². The van der Waals surface area contributed by atoms with Crippen LogP contribution < -0.4 is 25.4 Å². The third-order valence-corrected chi connectivity index (χ3v) is 6.12. The van der Waals surface area contributed by atoms with E-state index < -0.39 is 11.5 Å². The van der Waals surface area contributed by atoms with E-state index in [1.54, 1.807) is 31.4 Å². The quantitative estimate of drug-likeness (QED) is 0.692. The molecule has 2 aromatic rings. The number of carbonyl (C=O) groups is 2. The molecule has 30 heavy (non-hydrogen) atoms. The summed E-state index contributed by atoms with van der Waals surface area (Å²) in [6, 6.07) is 8.84. The smallest absolute Gasteiger partial charge is 0.250 e. The molecule has 2 aromatic carbocycles. The number of nitrogens with one attached hydrogen (secondary N) is 3. The highest BCUT2D eigenvalue weighted by Gasteiger charge is 2.59. The predicted octanol–water partition coefficient (Wildman–Crippen LogP) is 3.45. The van der Waals surface area contributed by atoms with Crippen LogP contribution in [0.2, 0.25) is 5.02 Å². The molecule has 1 saturated heterocycles. The van der Waals surface area contributed by atoms with Crippen molar-refractivity contribution in [2.24, 2.45) is 5.92 Å². The van der Waals surface area contributed by atoms with E-state index in [2.05, 4.69) is 16.0 Å². The second-order valence-corrected chi connectivity index (χ2v) is 8.23. The molecule has 0 saturated carbocycles. The summed E-state index contributed by atoms with van der Waals surface area (Å²) in [7, 11) is 3.08. The van der Waals surface area contributed by atoms with E-state index >= 15 is 0 Å². The summed E-state index contributed by atoms with van der Waals surface area (Å²) in [5.74, 6) is -0.0916. The van der Waals surface area contributed by atoms with Crippen LogP contribution in [-0.4, -0.2) is 32.1 Å². The number of ether oxygens (including phenoxy) is 2. The summed E-state index contributed by atoms with van der Waals surface area (Å²) in [6.45, 7) is 3.88. The van der Waals surface area contributed by atoms with Crippen molar-refractivity contribution in [3.05, 3.63) is 46.5 Å². The molecule has 3 N–H and O–H groups in total. The summed E-state index contributed by atoms with van der Waals surface area (Å²) >= 11 is 6.39. The van der Waals surface area contributed by atoms with Crippen LogP contribution in [0, 0.1) is 12.8 Å². The number of benzene rings is 2. The zero-order chi connectivity index (χ0) is 21.6. The Labute approximate surface area is 180 Å². The van der Waals surface area contributed by atoms with Crippen LogP contribution >= 0.6 is 11.6 Å². The zero-order valence-corrected chi connectivity index (χ0v) is 18.0. The van der Waals surface area contributed by atoms with Gasteiger partial charge in [0.25, 0.3) is 0 Å². The number of hydrogen-bond donors (Lipinski definition) is 3. The highest BCUT2D eigenvalue weighted by molar-refractivity contribution is 6.35. The van der Waals surface area contributed by atoms with Gasteiger partial charge in [-0.3, -0.25) is 14.9 Å². The lowest BCUT2D eigenvalue weighted by molar-refractivity contribution is -0.130. The van der Waals surface area contributed by atoms with Crippen molar-refractivity contribution < 1.29 is 19.1 Å². The van der Waals surface area contributed by atoms with Crippen LogP contribution in [0.15, 0.2) is 30.3 Å².